The SMILES string of the molecule is NNC(=O)C1CCN(C(=O)CN2CCCCCCC2)CC1. The van der Waals surface area contributed by atoms with E-state index in [0.29, 0.717) is 19.6 Å². The number of rotatable bonds is 3. The van der Waals surface area contributed by atoms with Crippen LogP contribution < -0.4 is 11.3 Å². The van der Waals surface area contributed by atoms with Crippen LogP contribution in [0.1, 0.15) is 44.9 Å². The van der Waals surface area contributed by atoms with Gasteiger partial charge in [-0.1, -0.05) is 19.3 Å². The van der Waals surface area contributed by atoms with Crippen molar-refractivity contribution in [1.82, 2.24) is 15.2 Å². The molecule has 3 N–H and O–H groups in total. The van der Waals surface area contributed by atoms with Crippen molar-refractivity contribution in [3.8, 4) is 0 Å². The van der Waals surface area contributed by atoms with Crippen LogP contribution in [0.4, 0.5) is 0 Å². The van der Waals surface area contributed by atoms with Crippen LogP contribution in [0.15, 0.2) is 0 Å². The highest BCUT2D eigenvalue weighted by Gasteiger charge is 2.27. The number of hydrogen-bond donors (Lipinski definition) is 2. The summed E-state index contributed by atoms with van der Waals surface area (Å²) in [6.07, 6.45) is 7.73. The summed E-state index contributed by atoms with van der Waals surface area (Å²) >= 11 is 0. The lowest BCUT2D eigenvalue weighted by atomic mass is 9.96. The second-order valence-corrected chi connectivity index (χ2v) is 6.21. The number of likely N-dealkylation sites (tertiary alicyclic amines) is 2. The lowest BCUT2D eigenvalue weighted by Gasteiger charge is -2.33. The third-order valence-corrected chi connectivity index (χ3v) is 4.67. The summed E-state index contributed by atoms with van der Waals surface area (Å²) in [5, 5.41) is 0. The van der Waals surface area contributed by atoms with E-state index in [1.807, 2.05) is 4.90 Å². The van der Waals surface area contributed by atoms with E-state index in [0.717, 1.165) is 25.9 Å². The molecule has 2 rings (SSSR count). The molecule has 0 aromatic heterocycles. The second-order valence-electron chi connectivity index (χ2n) is 6.21. The van der Waals surface area contributed by atoms with Crippen LogP contribution in [0.5, 0.6) is 0 Å². The van der Waals surface area contributed by atoms with Crippen LogP contribution >= 0.6 is 0 Å². The van der Waals surface area contributed by atoms with Gasteiger partial charge in [-0.05, 0) is 38.8 Å². The van der Waals surface area contributed by atoms with E-state index in [1.54, 1.807) is 0 Å². The van der Waals surface area contributed by atoms with Crippen LogP contribution in [0.3, 0.4) is 0 Å². The first-order valence-electron chi connectivity index (χ1n) is 8.21. The van der Waals surface area contributed by atoms with Gasteiger partial charge in [0.05, 0.1) is 6.54 Å². The molecular formula is C15H28N4O2. The number of nitrogens with zero attached hydrogens (tertiary/aromatic N) is 2. The molecule has 0 atom stereocenters. The average Bonchev–Trinajstić information content (AvgIpc) is 2.49. The summed E-state index contributed by atoms with van der Waals surface area (Å²) in [6.45, 7) is 3.96. The Hall–Kier alpha value is -1.14. The van der Waals surface area contributed by atoms with Crippen molar-refractivity contribution >= 4 is 11.8 Å². The molecule has 0 spiro atoms. The topological polar surface area (TPSA) is 78.7 Å². The number of piperidine rings is 1. The third kappa shape index (κ3) is 4.97. The maximum atomic E-state index is 12.4. The van der Waals surface area contributed by atoms with E-state index in [-0.39, 0.29) is 17.7 Å². The van der Waals surface area contributed by atoms with Gasteiger partial charge in [-0.25, -0.2) is 5.84 Å². The summed E-state index contributed by atoms with van der Waals surface area (Å²) in [4.78, 5) is 28.0. The Labute approximate surface area is 127 Å². The largest absolute Gasteiger partial charge is 0.342 e. The molecule has 0 aromatic carbocycles. The Kier molecular flexibility index (Phi) is 6.45. The molecule has 120 valence electrons. The minimum absolute atomic E-state index is 0.0410. The molecule has 21 heavy (non-hydrogen) atoms. The van der Waals surface area contributed by atoms with Crippen molar-refractivity contribution in [3.63, 3.8) is 0 Å². The van der Waals surface area contributed by atoms with Gasteiger partial charge in [0, 0.05) is 19.0 Å². The Morgan fingerprint density at radius 3 is 2.10 bits per heavy atom. The van der Waals surface area contributed by atoms with Crippen molar-refractivity contribution in [1.29, 1.82) is 0 Å². The minimum atomic E-state index is -0.106. The number of nitrogens with one attached hydrogen (secondary N) is 1. The molecule has 0 unspecified atom stereocenters. The first kappa shape index (κ1) is 16.2. The molecule has 2 amide bonds. The Balaban J connectivity index is 1.74. The quantitative estimate of drug-likeness (QED) is 0.451. The number of hydrazine groups is 1. The van der Waals surface area contributed by atoms with Gasteiger partial charge in [-0.15, -0.1) is 0 Å². The Morgan fingerprint density at radius 1 is 0.952 bits per heavy atom. The predicted molar refractivity (Wildman–Crippen MR) is 81.2 cm³/mol. The number of carbonyl (C=O) groups excluding carboxylic acids is 2. The van der Waals surface area contributed by atoms with Crippen molar-refractivity contribution in [3.05, 3.63) is 0 Å². The highest BCUT2D eigenvalue weighted by molar-refractivity contribution is 5.80. The summed E-state index contributed by atoms with van der Waals surface area (Å²) < 4.78 is 0. The molecule has 2 heterocycles. The van der Waals surface area contributed by atoms with Crippen molar-refractivity contribution in [2.24, 2.45) is 11.8 Å². The third-order valence-electron chi connectivity index (χ3n) is 4.67. The van der Waals surface area contributed by atoms with E-state index < -0.39 is 0 Å². The van der Waals surface area contributed by atoms with Crippen LogP contribution in [0.2, 0.25) is 0 Å². The second kappa shape index (κ2) is 8.34. The highest BCUT2D eigenvalue weighted by Crippen LogP contribution is 2.18. The van der Waals surface area contributed by atoms with Gasteiger partial charge in [-0.2, -0.15) is 0 Å². The maximum absolute atomic E-state index is 12.4. The van der Waals surface area contributed by atoms with E-state index in [9.17, 15) is 9.59 Å². The fraction of sp³-hybridized carbons (Fsp3) is 0.867. The summed E-state index contributed by atoms with van der Waals surface area (Å²) in [5.74, 6) is 5.23. The Morgan fingerprint density at radius 2 is 1.52 bits per heavy atom. The molecule has 2 aliphatic rings. The fourth-order valence-electron chi connectivity index (χ4n) is 3.27. The molecule has 6 nitrogen and oxygen atoms in total. The first-order valence-corrected chi connectivity index (χ1v) is 8.21. The predicted octanol–water partition coefficient (Wildman–Crippen LogP) is 0.481. The lowest BCUT2D eigenvalue weighted by molar-refractivity contribution is -0.136. The van der Waals surface area contributed by atoms with Crippen molar-refractivity contribution in [2.45, 2.75) is 44.9 Å². The zero-order valence-electron chi connectivity index (χ0n) is 12.9. The van der Waals surface area contributed by atoms with Crippen LogP contribution in [-0.2, 0) is 9.59 Å². The van der Waals surface area contributed by atoms with Crippen molar-refractivity contribution in [2.75, 3.05) is 32.7 Å². The summed E-state index contributed by atoms with van der Waals surface area (Å²) in [5.41, 5.74) is 2.21. The molecule has 0 saturated carbocycles. The molecule has 6 heteroatoms. The Bertz CT molecular complexity index is 346. The van der Waals surface area contributed by atoms with Crippen molar-refractivity contribution < 1.29 is 9.59 Å². The highest BCUT2D eigenvalue weighted by atomic mass is 16.2. The number of carbonyl (C=O) groups is 2. The van der Waals surface area contributed by atoms with E-state index in [1.165, 1.54) is 32.1 Å². The van der Waals surface area contributed by atoms with Crippen LogP contribution in [0.25, 0.3) is 0 Å². The van der Waals surface area contributed by atoms with E-state index >= 15 is 0 Å². The summed E-state index contributed by atoms with van der Waals surface area (Å²) in [7, 11) is 0. The van der Waals surface area contributed by atoms with Gasteiger partial charge in [0.15, 0.2) is 0 Å². The van der Waals surface area contributed by atoms with E-state index in [2.05, 4.69) is 10.3 Å². The minimum Gasteiger partial charge on any atom is -0.342 e. The molecule has 0 radical (unpaired) electrons. The number of nitrogens with two attached hydrogens (primary N) is 1. The number of amides is 2. The van der Waals surface area contributed by atoms with E-state index in [4.69, 9.17) is 5.84 Å². The van der Waals surface area contributed by atoms with Gasteiger partial charge >= 0.3 is 0 Å². The smallest absolute Gasteiger partial charge is 0.237 e. The molecule has 2 aliphatic heterocycles. The molecule has 2 saturated heterocycles. The van der Waals surface area contributed by atoms with Gasteiger partial charge in [-0.3, -0.25) is 19.9 Å². The molecule has 0 aliphatic carbocycles. The monoisotopic (exact) mass is 296 g/mol. The van der Waals surface area contributed by atoms with Gasteiger partial charge in [0.25, 0.3) is 0 Å². The zero-order valence-corrected chi connectivity index (χ0v) is 12.9. The number of hydrogen-bond acceptors (Lipinski definition) is 4. The maximum Gasteiger partial charge on any atom is 0.237 e. The standard InChI is InChI=1S/C15H28N4O2/c16-17-15(21)13-6-10-19(11-7-13)14(20)12-18-8-4-2-1-3-5-9-18/h13H,1-12,16H2,(H,17,21). The zero-order chi connectivity index (χ0) is 15.1. The first-order chi connectivity index (χ1) is 10.2. The summed E-state index contributed by atoms with van der Waals surface area (Å²) in [6, 6.07) is 0. The van der Waals surface area contributed by atoms with Crippen LogP contribution in [0, 0.1) is 5.92 Å². The average molecular weight is 296 g/mol. The van der Waals surface area contributed by atoms with Gasteiger partial charge < -0.3 is 4.90 Å². The van der Waals surface area contributed by atoms with Gasteiger partial charge in [0.1, 0.15) is 0 Å². The molecule has 0 bridgehead atoms. The molecule has 2 fully saturated rings. The fourth-order valence-corrected chi connectivity index (χ4v) is 3.27. The molecular weight excluding hydrogens is 268 g/mol. The van der Waals surface area contributed by atoms with Crippen LogP contribution in [-0.4, -0.2) is 54.3 Å². The molecule has 0 aromatic rings. The lowest BCUT2D eigenvalue weighted by Crippen LogP contribution is -2.47. The van der Waals surface area contributed by atoms with Gasteiger partial charge in [0.2, 0.25) is 11.8 Å². The normalized spacial score (nSPS) is 22.4.